The lowest BCUT2D eigenvalue weighted by molar-refractivity contribution is 0.0945. The first-order chi connectivity index (χ1) is 12.9. The fraction of sp³-hybridized carbons (Fsp3) is 0.300. The lowest BCUT2D eigenvalue weighted by Crippen LogP contribution is -2.32. The minimum Gasteiger partial charge on any atom is -0.346 e. The molecule has 0 saturated carbocycles. The maximum Gasteiger partial charge on any atom is 0.274 e. The molecule has 0 bridgehead atoms. The third-order valence-corrected chi connectivity index (χ3v) is 4.44. The zero-order valence-electron chi connectivity index (χ0n) is 15.6. The Labute approximate surface area is 156 Å². The van der Waals surface area contributed by atoms with Gasteiger partial charge in [-0.25, -0.2) is 4.68 Å². The summed E-state index contributed by atoms with van der Waals surface area (Å²) in [6.45, 7) is 6.10. The number of amides is 1. The van der Waals surface area contributed by atoms with Gasteiger partial charge in [-0.2, -0.15) is 5.10 Å². The van der Waals surface area contributed by atoms with Crippen molar-refractivity contribution >= 4 is 16.7 Å². The van der Waals surface area contributed by atoms with Crippen molar-refractivity contribution in [2.24, 2.45) is 0 Å². The minimum absolute atomic E-state index is 0.0865. The molecule has 0 fully saturated rings. The van der Waals surface area contributed by atoms with E-state index in [4.69, 9.17) is 0 Å². The van der Waals surface area contributed by atoms with Gasteiger partial charge in [-0.3, -0.25) is 14.4 Å². The first-order valence-corrected chi connectivity index (χ1v) is 8.89. The van der Waals surface area contributed by atoms with Crippen molar-refractivity contribution < 1.29 is 4.79 Å². The van der Waals surface area contributed by atoms with Crippen LogP contribution in [0.5, 0.6) is 0 Å². The van der Waals surface area contributed by atoms with Gasteiger partial charge in [0, 0.05) is 29.7 Å². The van der Waals surface area contributed by atoms with Crippen LogP contribution in [0.1, 0.15) is 40.7 Å². The van der Waals surface area contributed by atoms with Crippen molar-refractivity contribution in [1.82, 2.24) is 20.1 Å². The van der Waals surface area contributed by atoms with E-state index in [2.05, 4.69) is 15.4 Å². The Morgan fingerprint density at radius 2 is 1.89 bits per heavy atom. The van der Waals surface area contributed by atoms with E-state index >= 15 is 0 Å². The summed E-state index contributed by atoms with van der Waals surface area (Å²) in [6, 6.07) is 8.78. The summed E-state index contributed by atoms with van der Waals surface area (Å²) in [6.07, 6.45) is 0.726. The number of aromatic nitrogens is 3. The molecule has 27 heavy (non-hydrogen) atoms. The molecule has 1 amide bonds. The summed E-state index contributed by atoms with van der Waals surface area (Å²) in [5, 5.41) is 7.98. The Bertz CT molecular complexity index is 1130. The summed E-state index contributed by atoms with van der Waals surface area (Å²) < 4.78 is 1.32. The highest BCUT2D eigenvalue weighted by Crippen LogP contribution is 2.13. The van der Waals surface area contributed by atoms with Crippen LogP contribution in [0.3, 0.4) is 0 Å². The number of nitrogens with zero attached hydrogens (tertiary/aromatic N) is 2. The molecule has 2 aromatic heterocycles. The monoisotopic (exact) mass is 366 g/mol. The highest BCUT2D eigenvalue weighted by molar-refractivity contribution is 6.04. The fourth-order valence-corrected chi connectivity index (χ4v) is 3.12. The minimum atomic E-state index is -0.421. The maximum atomic E-state index is 12.8. The smallest absolute Gasteiger partial charge is 0.274 e. The Morgan fingerprint density at radius 1 is 1.19 bits per heavy atom. The van der Waals surface area contributed by atoms with Crippen molar-refractivity contribution in [3.05, 3.63) is 73.6 Å². The van der Waals surface area contributed by atoms with Crippen LogP contribution >= 0.6 is 0 Å². The molecule has 0 aliphatic rings. The van der Waals surface area contributed by atoms with Crippen LogP contribution in [-0.2, 0) is 13.1 Å². The molecule has 0 aliphatic carbocycles. The number of aromatic amines is 1. The van der Waals surface area contributed by atoms with Crippen LogP contribution in [0.4, 0.5) is 0 Å². The number of nitrogens with one attached hydrogen (secondary N) is 2. The van der Waals surface area contributed by atoms with Crippen molar-refractivity contribution in [2.75, 3.05) is 0 Å². The molecule has 3 aromatic rings. The molecule has 1 aromatic carbocycles. The molecule has 0 radical (unpaired) electrons. The van der Waals surface area contributed by atoms with E-state index in [1.807, 2.05) is 26.8 Å². The molecule has 140 valence electrons. The van der Waals surface area contributed by atoms with Crippen LogP contribution < -0.4 is 16.4 Å². The SMILES string of the molecule is CCCn1nc(C(=O)NCc2c(C)cc(C)[nH]c2=O)c2ccccc2c1=O. The van der Waals surface area contributed by atoms with E-state index in [1.54, 1.807) is 24.3 Å². The molecule has 0 unspecified atom stereocenters. The van der Waals surface area contributed by atoms with Crippen LogP contribution in [0.25, 0.3) is 10.8 Å². The first-order valence-electron chi connectivity index (χ1n) is 8.89. The number of aryl methyl sites for hydroxylation is 3. The largest absolute Gasteiger partial charge is 0.346 e. The number of H-pyrrole nitrogens is 1. The zero-order valence-corrected chi connectivity index (χ0v) is 15.6. The number of carbonyl (C=O) groups is 1. The number of pyridine rings is 1. The van der Waals surface area contributed by atoms with Crippen LogP contribution in [0.2, 0.25) is 0 Å². The molecule has 3 rings (SSSR count). The third kappa shape index (κ3) is 3.67. The predicted molar refractivity (Wildman–Crippen MR) is 104 cm³/mol. The lowest BCUT2D eigenvalue weighted by atomic mass is 10.1. The summed E-state index contributed by atoms with van der Waals surface area (Å²) in [7, 11) is 0. The molecule has 7 heteroatoms. The average Bonchev–Trinajstić information content (AvgIpc) is 2.63. The lowest BCUT2D eigenvalue weighted by Gasteiger charge is -2.11. The molecule has 0 atom stereocenters. The molecule has 0 saturated heterocycles. The summed E-state index contributed by atoms with van der Waals surface area (Å²) in [5.41, 5.74) is 1.83. The van der Waals surface area contributed by atoms with E-state index in [0.29, 0.717) is 22.9 Å². The summed E-state index contributed by atoms with van der Waals surface area (Å²) in [5.74, 6) is -0.421. The van der Waals surface area contributed by atoms with Crippen molar-refractivity contribution in [2.45, 2.75) is 40.3 Å². The van der Waals surface area contributed by atoms with Crippen molar-refractivity contribution in [3.8, 4) is 0 Å². The van der Waals surface area contributed by atoms with E-state index in [-0.39, 0.29) is 23.4 Å². The topological polar surface area (TPSA) is 96.8 Å². The van der Waals surface area contributed by atoms with Crippen molar-refractivity contribution in [3.63, 3.8) is 0 Å². The van der Waals surface area contributed by atoms with Crippen LogP contribution in [0, 0.1) is 13.8 Å². The van der Waals surface area contributed by atoms with Gasteiger partial charge in [0.15, 0.2) is 5.69 Å². The standard InChI is InChI=1S/C20H22N4O3/c1-4-9-24-20(27)15-8-6-5-7-14(15)17(23-24)19(26)21-11-16-12(2)10-13(3)22-18(16)25/h5-8,10H,4,9,11H2,1-3H3,(H,21,26)(H,22,25). The van der Waals surface area contributed by atoms with E-state index < -0.39 is 5.91 Å². The van der Waals surface area contributed by atoms with E-state index in [0.717, 1.165) is 17.7 Å². The first kappa shape index (κ1) is 18.6. The molecule has 2 heterocycles. The highest BCUT2D eigenvalue weighted by Gasteiger charge is 2.17. The Morgan fingerprint density at radius 3 is 2.56 bits per heavy atom. The van der Waals surface area contributed by atoms with E-state index in [1.165, 1.54) is 4.68 Å². The van der Waals surface area contributed by atoms with Gasteiger partial charge in [-0.15, -0.1) is 0 Å². The number of hydrogen-bond acceptors (Lipinski definition) is 4. The van der Waals surface area contributed by atoms with Gasteiger partial charge in [0.25, 0.3) is 17.0 Å². The number of carbonyl (C=O) groups excluding carboxylic acids is 1. The molecule has 0 spiro atoms. The van der Waals surface area contributed by atoms with Gasteiger partial charge >= 0.3 is 0 Å². The molecule has 0 aliphatic heterocycles. The average molecular weight is 366 g/mol. The second-order valence-corrected chi connectivity index (χ2v) is 6.55. The van der Waals surface area contributed by atoms with E-state index in [9.17, 15) is 14.4 Å². The number of benzene rings is 1. The van der Waals surface area contributed by atoms with Gasteiger partial charge < -0.3 is 10.3 Å². The number of rotatable bonds is 5. The fourth-order valence-electron chi connectivity index (χ4n) is 3.12. The van der Waals surface area contributed by atoms with Crippen molar-refractivity contribution in [1.29, 1.82) is 0 Å². The van der Waals surface area contributed by atoms with Gasteiger partial charge in [0.2, 0.25) is 0 Å². The third-order valence-electron chi connectivity index (χ3n) is 4.44. The predicted octanol–water partition coefficient (Wildman–Crippen LogP) is 2.04. The molecule has 2 N–H and O–H groups in total. The molecular formula is C20H22N4O3. The second kappa shape index (κ2) is 7.57. The summed E-state index contributed by atoms with van der Waals surface area (Å²) >= 11 is 0. The van der Waals surface area contributed by atoms with Gasteiger partial charge in [-0.1, -0.05) is 25.1 Å². The number of fused-ring (bicyclic) bond motifs is 1. The quantitative estimate of drug-likeness (QED) is 0.722. The highest BCUT2D eigenvalue weighted by atomic mass is 16.2. The maximum absolute atomic E-state index is 12.8. The van der Waals surface area contributed by atoms with Gasteiger partial charge in [-0.05, 0) is 38.0 Å². The summed E-state index contributed by atoms with van der Waals surface area (Å²) in [4.78, 5) is 40.2. The second-order valence-electron chi connectivity index (χ2n) is 6.55. The van der Waals surface area contributed by atoms with Crippen LogP contribution in [0.15, 0.2) is 39.9 Å². The molecular weight excluding hydrogens is 344 g/mol. The zero-order chi connectivity index (χ0) is 19.6. The van der Waals surface area contributed by atoms with Gasteiger partial charge in [0.1, 0.15) is 0 Å². The van der Waals surface area contributed by atoms with Crippen LogP contribution in [-0.4, -0.2) is 20.7 Å². The van der Waals surface area contributed by atoms with Gasteiger partial charge in [0.05, 0.1) is 5.39 Å². The number of hydrogen-bond donors (Lipinski definition) is 2. The Balaban J connectivity index is 1.98. The Kier molecular flexibility index (Phi) is 5.21. The Hall–Kier alpha value is -3.22. The normalized spacial score (nSPS) is 10.9. The molecule has 7 nitrogen and oxygen atoms in total.